The van der Waals surface area contributed by atoms with E-state index in [1.54, 1.807) is 11.3 Å². The molecular weight excluding hydrogens is 380 g/mol. The van der Waals surface area contributed by atoms with Gasteiger partial charge in [0.1, 0.15) is 11.5 Å². The van der Waals surface area contributed by atoms with Gasteiger partial charge in [-0.25, -0.2) is 9.97 Å². The fraction of sp³-hybridized carbons (Fsp3) is 0.435. The van der Waals surface area contributed by atoms with E-state index in [-0.39, 0.29) is 5.91 Å². The van der Waals surface area contributed by atoms with Crippen LogP contribution in [0.15, 0.2) is 41.9 Å². The van der Waals surface area contributed by atoms with E-state index in [1.807, 2.05) is 34.7 Å². The predicted octanol–water partition coefficient (Wildman–Crippen LogP) is 4.75. The third kappa shape index (κ3) is 3.62. The van der Waals surface area contributed by atoms with Crippen LogP contribution in [0.5, 0.6) is 0 Å². The minimum atomic E-state index is 0.0964. The van der Waals surface area contributed by atoms with Gasteiger partial charge in [0, 0.05) is 42.7 Å². The Balaban J connectivity index is 1.48. The molecule has 150 valence electrons. The highest BCUT2D eigenvalue weighted by Gasteiger charge is 2.31. The van der Waals surface area contributed by atoms with Crippen molar-refractivity contribution in [2.75, 3.05) is 13.1 Å². The molecule has 0 saturated carbocycles. The number of hydrogen-bond donors (Lipinski definition) is 0. The van der Waals surface area contributed by atoms with E-state index in [0.29, 0.717) is 11.6 Å². The van der Waals surface area contributed by atoms with Crippen LogP contribution < -0.4 is 0 Å². The van der Waals surface area contributed by atoms with Crippen LogP contribution in [0.4, 0.5) is 0 Å². The molecule has 5 nitrogen and oxygen atoms in total. The Kier molecular flexibility index (Phi) is 5.19. The zero-order valence-electron chi connectivity index (χ0n) is 16.6. The molecule has 1 aromatic carbocycles. The fourth-order valence-electron chi connectivity index (χ4n) is 4.65. The molecule has 5 rings (SSSR count). The summed E-state index contributed by atoms with van der Waals surface area (Å²) >= 11 is 1.70. The van der Waals surface area contributed by atoms with E-state index in [0.717, 1.165) is 73.8 Å². The van der Waals surface area contributed by atoms with Gasteiger partial charge in [-0.1, -0.05) is 36.8 Å². The maximum atomic E-state index is 13.6. The van der Waals surface area contributed by atoms with E-state index in [9.17, 15) is 4.79 Å². The monoisotopic (exact) mass is 406 g/mol. The lowest BCUT2D eigenvalue weighted by atomic mass is 9.98. The first-order chi connectivity index (χ1) is 14.3. The van der Waals surface area contributed by atoms with Gasteiger partial charge >= 0.3 is 0 Å². The zero-order chi connectivity index (χ0) is 19.6. The number of nitrogens with zero attached hydrogens (tertiary/aromatic N) is 4. The molecule has 29 heavy (non-hydrogen) atoms. The van der Waals surface area contributed by atoms with Crippen molar-refractivity contribution in [3.05, 3.63) is 58.3 Å². The fourth-order valence-corrected chi connectivity index (χ4v) is 5.42. The van der Waals surface area contributed by atoms with E-state index in [2.05, 4.69) is 21.7 Å². The SMILES string of the molecule is O=C(c1nc(-c2ccccc2)n2c1CCCCC2)N1CCCC(c2nccs2)C1. The number of rotatable bonds is 3. The molecule has 2 aliphatic heterocycles. The van der Waals surface area contributed by atoms with E-state index >= 15 is 0 Å². The van der Waals surface area contributed by atoms with Gasteiger partial charge in [-0.15, -0.1) is 11.3 Å². The molecule has 0 N–H and O–H groups in total. The highest BCUT2D eigenvalue weighted by molar-refractivity contribution is 7.09. The number of carbonyl (C=O) groups excluding carboxylic acids is 1. The molecule has 2 aliphatic rings. The van der Waals surface area contributed by atoms with Crippen LogP contribution in [0.25, 0.3) is 11.4 Å². The molecule has 6 heteroatoms. The molecule has 3 aromatic rings. The summed E-state index contributed by atoms with van der Waals surface area (Å²) in [4.78, 5) is 25.0. The highest BCUT2D eigenvalue weighted by Crippen LogP contribution is 2.31. The smallest absolute Gasteiger partial charge is 0.274 e. The van der Waals surface area contributed by atoms with Crippen LogP contribution in [0.1, 0.15) is 59.2 Å². The van der Waals surface area contributed by atoms with Crippen molar-refractivity contribution in [2.24, 2.45) is 0 Å². The molecule has 0 aliphatic carbocycles. The molecule has 0 bridgehead atoms. The van der Waals surface area contributed by atoms with Gasteiger partial charge in [0.25, 0.3) is 5.91 Å². The number of aromatic nitrogens is 3. The molecule has 1 saturated heterocycles. The third-order valence-corrected chi connectivity index (χ3v) is 7.05. The Morgan fingerprint density at radius 2 is 1.97 bits per heavy atom. The first-order valence-corrected chi connectivity index (χ1v) is 11.5. The van der Waals surface area contributed by atoms with Crippen LogP contribution in [-0.2, 0) is 13.0 Å². The van der Waals surface area contributed by atoms with Crippen LogP contribution in [-0.4, -0.2) is 38.4 Å². The summed E-state index contributed by atoms with van der Waals surface area (Å²) in [7, 11) is 0. The van der Waals surface area contributed by atoms with Gasteiger partial charge in [-0.2, -0.15) is 0 Å². The van der Waals surface area contributed by atoms with Crippen molar-refractivity contribution < 1.29 is 4.79 Å². The Bertz CT molecular complexity index is 980. The molecule has 0 radical (unpaired) electrons. The number of amides is 1. The number of imidazole rings is 1. The van der Waals surface area contributed by atoms with Crippen molar-refractivity contribution >= 4 is 17.2 Å². The number of hydrogen-bond acceptors (Lipinski definition) is 4. The maximum absolute atomic E-state index is 13.6. The molecule has 1 fully saturated rings. The lowest BCUT2D eigenvalue weighted by Gasteiger charge is -2.31. The summed E-state index contributed by atoms with van der Waals surface area (Å²) in [6, 6.07) is 10.3. The van der Waals surface area contributed by atoms with Crippen LogP contribution >= 0.6 is 11.3 Å². The average molecular weight is 407 g/mol. The minimum Gasteiger partial charge on any atom is -0.337 e. The van der Waals surface area contributed by atoms with Crippen LogP contribution in [0.3, 0.4) is 0 Å². The number of piperidine rings is 1. The Morgan fingerprint density at radius 3 is 2.79 bits per heavy atom. The zero-order valence-corrected chi connectivity index (χ0v) is 17.4. The van der Waals surface area contributed by atoms with Gasteiger partial charge in [-0.05, 0) is 32.1 Å². The quantitative estimate of drug-likeness (QED) is 0.630. The summed E-state index contributed by atoms with van der Waals surface area (Å²) in [6.45, 7) is 2.51. The molecular formula is C23H26N4OS. The van der Waals surface area contributed by atoms with E-state index in [1.165, 1.54) is 6.42 Å². The van der Waals surface area contributed by atoms with Crippen molar-refractivity contribution in [3.8, 4) is 11.4 Å². The third-order valence-electron chi connectivity index (χ3n) is 6.11. The van der Waals surface area contributed by atoms with Crippen molar-refractivity contribution in [3.63, 3.8) is 0 Å². The summed E-state index contributed by atoms with van der Waals surface area (Å²) in [5, 5.41) is 3.17. The number of carbonyl (C=O) groups is 1. The first kappa shape index (κ1) is 18.6. The lowest BCUT2D eigenvalue weighted by Crippen LogP contribution is -2.39. The van der Waals surface area contributed by atoms with Crippen molar-refractivity contribution in [1.82, 2.24) is 19.4 Å². The predicted molar refractivity (Wildman–Crippen MR) is 115 cm³/mol. The number of thiazole rings is 1. The highest BCUT2D eigenvalue weighted by atomic mass is 32.1. The molecule has 4 heterocycles. The van der Waals surface area contributed by atoms with Gasteiger partial charge in [-0.3, -0.25) is 4.79 Å². The molecule has 1 atom stereocenters. The molecule has 1 unspecified atom stereocenters. The second-order valence-corrected chi connectivity index (χ2v) is 8.95. The summed E-state index contributed by atoms with van der Waals surface area (Å²) in [5.74, 6) is 1.39. The normalized spacial score (nSPS) is 19.6. The van der Waals surface area contributed by atoms with Crippen molar-refractivity contribution in [2.45, 2.75) is 51.0 Å². The van der Waals surface area contributed by atoms with Gasteiger partial charge in [0.15, 0.2) is 0 Å². The van der Waals surface area contributed by atoms with E-state index < -0.39 is 0 Å². The molecule has 0 spiro atoms. The lowest BCUT2D eigenvalue weighted by molar-refractivity contribution is 0.0700. The Hall–Kier alpha value is -2.47. The number of likely N-dealkylation sites (tertiary alicyclic amines) is 1. The Labute approximate surface area is 175 Å². The largest absolute Gasteiger partial charge is 0.337 e. The number of benzene rings is 1. The first-order valence-electron chi connectivity index (χ1n) is 10.6. The number of fused-ring (bicyclic) bond motifs is 1. The molecule has 1 amide bonds. The van der Waals surface area contributed by atoms with E-state index in [4.69, 9.17) is 4.98 Å². The summed E-state index contributed by atoms with van der Waals surface area (Å²) in [5.41, 5.74) is 2.89. The average Bonchev–Trinajstić information content (AvgIpc) is 3.37. The topological polar surface area (TPSA) is 51.0 Å². The maximum Gasteiger partial charge on any atom is 0.274 e. The summed E-state index contributed by atoms with van der Waals surface area (Å²) < 4.78 is 2.30. The second kappa shape index (κ2) is 8.11. The van der Waals surface area contributed by atoms with Gasteiger partial charge < -0.3 is 9.47 Å². The van der Waals surface area contributed by atoms with Crippen LogP contribution in [0.2, 0.25) is 0 Å². The van der Waals surface area contributed by atoms with Crippen molar-refractivity contribution in [1.29, 1.82) is 0 Å². The standard InChI is InChI=1S/C23H26N4OS/c28-23(26-13-7-10-18(16-26)22-24-12-15-29-22)20-19-11-5-2-6-14-27(19)21(25-20)17-8-3-1-4-9-17/h1,3-4,8-9,12,15,18H,2,5-7,10-11,13-14,16H2. The summed E-state index contributed by atoms with van der Waals surface area (Å²) in [6.07, 6.45) is 8.41. The molecule has 2 aromatic heterocycles. The van der Waals surface area contributed by atoms with Crippen LogP contribution in [0, 0.1) is 0 Å². The van der Waals surface area contributed by atoms with Gasteiger partial charge in [0.2, 0.25) is 0 Å². The minimum absolute atomic E-state index is 0.0964. The Morgan fingerprint density at radius 1 is 1.07 bits per heavy atom. The second-order valence-electron chi connectivity index (χ2n) is 8.02. The van der Waals surface area contributed by atoms with Gasteiger partial charge in [0.05, 0.1) is 10.7 Å².